The first-order valence-electron chi connectivity index (χ1n) is 9.25. The van der Waals surface area contributed by atoms with Crippen LogP contribution in [0.25, 0.3) is 0 Å². The van der Waals surface area contributed by atoms with Gasteiger partial charge in [0.2, 0.25) is 5.91 Å². The molecule has 1 unspecified atom stereocenters. The molecule has 1 saturated heterocycles. The van der Waals surface area contributed by atoms with E-state index in [1.807, 2.05) is 13.8 Å². The molecule has 0 radical (unpaired) electrons. The Kier molecular flexibility index (Phi) is 6.46. The van der Waals surface area contributed by atoms with Crippen LogP contribution in [-0.4, -0.2) is 36.6 Å². The average Bonchev–Trinajstić information content (AvgIpc) is 3.24. The summed E-state index contributed by atoms with van der Waals surface area (Å²) in [6.45, 7) is 8.98. The lowest BCUT2D eigenvalue weighted by Crippen LogP contribution is -2.37. The van der Waals surface area contributed by atoms with Crippen molar-refractivity contribution in [1.29, 1.82) is 0 Å². The lowest BCUT2D eigenvalue weighted by molar-refractivity contribution is -0.117. The van der Waals surface area contributed by atoms with Gasteiger partial charge in [0.25, 0.3) is 0 Å². The molecule has 3 rings (SSSR count). The molecule has 2 aromatic rings. The van der Waals surface area contributed by atoms with Crippen LogP contribution >= 0.6 is 11.3 Å². The summed E-state index contributed by atoms with van der Waals surface area (Å²) in [5.74, 6) is 0.0367. The lowest BCUT2D eigenvalue weighted by atomic mass is 10.1. The molecule has 0 aliphatic carbocycles. The molecule has 1 aromatic carbocycles. The fourth-order valence-corrected chi connectivity index (χ4v) is 4.39. The van der Waals surface area contributed by atoms with E-state index in [1.54, 1.807) is 11.3 Å². The summed E-state index contributed by atoms with van der Waals surface area (Å²) >= 11 is 1.73. The molecule has 1 N–H and O–H groups in total. The third kappa shape index (κ3) is 5.16. The first-order chi connectivity index (χ1) is 12.5. The monoisotopic (exact) mass is 372 g/mol. The van der Waals surface area contributed by atoms with E-state index >= 15 is 0 Å². The Morgan fingerprint density at radius 2 is 2.08 bits per heavy atom. The SMILES string of the molecule is Cc1cc(C)c(NC(=O)CN(Cc2cccs2)CC2CCCO2)c(C)c1. The molecule has 1 aromatic heterocycles. The largest absolute Gasteiger partial charge is 0.377 e. The van der Waals surface area contributed by atoms with E-state index in [-0.39, 0.29) is 12.0 Å². The van der Waals surface area contributed by atoms with E-state index in [0.717, 1.165) is 49.4 Å². The van der Waals surface area contributed by atoms with Crippen LogP contribution in [-0.2, 0) is 16.1 Å². The number of amides is 1. The van der Waals surface area contributed by atoms with Crippen LogP contribution < -0.4 is 5.32 Å². The molecule has 4 nitrogen and oxygen atoms in total. The van der Waals surface area contributed by atoms with E-state index in [0.29, 0.717) is 6.54 Å². The number of carbonyl (C=O) groups excluding carboxylic acids is 1. The smallest absolute Gasteiger partial charge is 0.238 e. The minimum absolute atomic E-state index is 0.0367. The number of carbonyl (C=O) groups is 1. The Balaban J connectivity index is 1.66. The van der Waals surface area contributed by atoms with Crippen molar-refractivity contribution in [1.82, 2.24) is 4.90 Å². The number of anilines is 1. The van der Waals surface area contributed by atoms with Crippen LogP contribution in [0, 0.1) is 20.8 Å². The number of ether oxygens (including phenoxy) is 1. The second kappa shape index (κ2) is 8.80. The molecule has 0 spiro atoms. The molecule has 0 bridgehead atoms. The molecule has 1 atom stereocenters. The van der Waals surface area contributed by atoms with Crippen molar-refractivity contribution in [2.75, 3.05) is 25.0 Å². The first kappa shape index (κ1) is 19.1. The number of hydrogen-bond acceptors (Lipinski definition) is 4. The molecule has 1 fully saturated rings. The number of thiophene rings is 1. The van der Waals surface area contributed by atoms with Crippen LogP contribution in [0.2, 0.25) is 0 Å². The zero-order valence-electron chi connectivity index (χ0n) is 15.9. The van der Waals surface area contributed by atoms with Crippen molar-refractivity contribution < 1.29 is 9.53 Å². The Morgan fingerprint density at radius 1 is 1.31 bits per heavy atom. The van der Waals surface area contributed by atoms with E-state index < -0.39 is 0 Å². The molecule has 2 heterocycles. The summed E-state index contributed by atoms with van der Waals surface area (Å²) in [5, 5.41) is 5.20. The van der Waals surface area contributed by atoms with Gasteiger partial charge in [-0.05, 0) is 56.2 Å². The number of nitrogens with zero attached hydrogens (tertiary/aromatic N) is 1. The molecule has 1 amide bonds. The maximum Gasteiger partial charge on any atom is 0.238 e. The van der Waals surface area contributed by atoms with Crippen LogP contribution in [0.1, 0.15) is 34.4 Å². The maximum absolute atomic E-state index is 12.7. The van der Waals surface area contributed by atoms with Gasteiger partial charge in [0.05, 0.1) is 12.6 Å². The molecule has 140 valence electrons. The van der Waals surface area contributed by atoms with Crippen LogP contribution in [0.5, 0.6) is 0 Å². The number of aryl methyl sites for hydroxylation is 3. The Morgan fingerprint density at radius 3 is 2.69 bits per heavy atom. The predicted octanol–water partition coefficient (Wildman–Crippen LogP) is 4.29. The summed E-state index contributed by atoms with van der Waals surface area (Å²) in [5.41, 5.74) is 4.38. The summed E-state index contributed by atoms with van der Waals surface area (Å²) in [6, 6.07) is 8.40. The van der Waals surface area contributed by atoms with Gasteiger partial charge in [-0.25, -0.2) is 0 Å². The van der Waals surface area contributed by atoms with Gasteiger partial charge in [-0.2, -0.15) is 0 Å². The lowest BCUT2D eigenvalue weighted by Gasteiger charge is -2.24. The molecule has 26 heavy (non-hydrogen) atoms. The van der Waals surface area contributed by atoms with Crippen LogP contribution in [0.4, 0.5) is 5.69 Å². The van der Waals surface area contributed by atoms with Crippen molar-refractivity contribution in [3.8, 4) is 0 Å². The zero-order chi connectivity index (χ0) is 18.5. The molecule has 1 aliphatic heterocycles. The number of hydrogen-bond donors (Lipinski definition) is 1. The first-order valence-corrected chi connectivity index (χ1v) is 10.1. The molecule has 0 saturated carbocycles. The van der Waals surface area contributed by atoms with Gasteiger partial charge in [0.1, 0.15) is 0 Å². The zero-order valence-corrected chi connectivity index (χ0v) is 16.7. The number of benzene rings is 1. The number of rotatable bonds is 7. The van der Waals surface area contributed by atoms with Gasteiger partial charge in [-0.1, -0.05) is 23.8 Å². The highest BCUT2D eigenvalue weighted by Crippen LogP contribution is 2.22. The quantitative estimate of drug-likeness (QED) is 0.788. The minimum atomic E-state index is 0.0367. The van der Waals surface area contributed by atoms with Crippen molar-refractivity contribution in [3.05, 3.63) is 51.2 Å². The van der Waals surface area contributed by atoms with E-state index in [2.05, 4.69) is 46.8 Å². The summed E-state index contributed by atoms with van der Waals surface area (Å²) < 4.78 is 5.78. The normalized spacial score (nSPS) is 17.0. The highest BCUT2D eigenvalue weighted by Gasteiger charge is 2.21. The standard InChI is InChI=1S/C21H28N2O2S/c1-15-10-16(2)21(17(3)11-15)22-20(24)14-23(12-18-6-4-8-25-18)13-19-7-5-9-26-19/h5,7,9-11,18H,4,6,8,12-14H2,1-3H3,(H,22,24). The Labute approximate surface area is 160 Å². The third-order valence-electron chi connectivity index (χ3n) is 4.75. The van der Waals surface area contributed by atoms with E-state index in [1.165, 1.54) is 10.4 Å². The van der Waals surface area contributed by atoms with Crippen molar-refractivity contribution >= 4 is 22.9 Å². The van der Waals surface area contributed by atoms with Gasteiger partial charge < -0.3 is 10.1 Å². The van der Waals surface area contributed by atoms with Gasteiger partial charge >= 0.3 is 0 Å². The third-order valence-corrected chi connectivity index (χ3v) is 5.62. The van der Waals surface area contributed by atoms with Crippen molar-refractivity contribution in [2.45, 2.75) is 46.3 Å². The number of nitrogens with one attached hydrogen (secondary N) is 1. The summed E-state index contributed by atoms with van der Waals surface area (Å²) in [7, 11) is 0. The van der Waals surface area contributed by atoms with Gasteiger partial charge in [0, 0.05) is 30.3 Å². The molecule has 5 heteroatoms. The molecule has 1 aliphatic rings. The summed E-state index contributed by atoms with van der Waals surface area (Å²) in [4.78, 5) is 16.2. The fraction of sp³-hybridized carbons (Fsp3) is 0.476. The second-order valence-electron chi connectivity index (χ2n) is 7.21. The van der Waals surface area contributed by atoms with Crippen LogP contribution in [0.3, 0.4) is 0 Å². The molecular weight excluding hydrogens is 344 g/mol. The Hall–Kier alpha value is -1.69. The highest BCUT2D eigenvalue weighted by atomic mass is 32.1. The van der Waals surface area contributed by atoms with Gasteiger partial charge in [0.15, 0.2) is 0 Å². The predicted molar refractivity (Wildman–Crippen MR) is 108 cm³/mol. The average molecular weight is 373 g/mol. The van der Waals surface area contributed by atoms with E-state index in [9.17, 15) is 4.79 Å². The minimum Gasteiger partial charge on any atom is -0.377 e. The molecular formula is C21H28N2O2S. The summed E-state index contributed by atoms with van der Waals surface area (Å²) in [6.07, 6.45) is 2.44. The fourth-order valence-electron chi connectivity index (χ4n) is 3.64. The van der Waals surface area contributed by atoms with Gasteiger partial charge in [-0.15, -0.1) is 11.3 Å². The van der Waals surface area contributed by atoms with Crippen molar-refractivity contribution in [2.24, 2.45) is 0 Å². The van der Waals surface area contributed by atoms with E-state index in [4.69, 9.17) is 4.74 Å². The topological polar surface area (TPSA) is 41.6 Å². The van der Waals surface area contributed by atoms with Crippen molar-refractivity contribution in [3.63, 3.8) is 0 Å². The maximum atomic E-state index is 12.7. The van der Waals surface area contributed by atoms with Gasteiger partial charge in [-0.3, -0.25) is 9.69 Å². The second-order valence-corrected chi connectivity index (χ2v) is 8.24. The Bertz CT molecular complexity index is 713. The highest BCUT2D eigenvalue weighted by molar-refractivity contribution is 7.09. The van der Waals surface area contributed by atoms with Crippen LogP contribution in [0.15, 0.2) is 29.6 Å².